The zero-order valence-corrected chi connectivity index (χ0v) is 13.4. The summed E-state index contributed by atoms with van der Waals surface area (Å²) in [5.41, 5.74) is 0. The molecule has 0 saturated carbocycles. The summed E-state index contributed by atoms with van der Waals surface area (Å²) in [5, 5.41) is 5.36. The van der Waals surface area contributed by atoms with E-state index in [1.807, 2.05) is 18.4 Å². The molecule has 19 heavy (non-hydrogen) atoms. The molecule has 4 nitrogen and oxygen atoms in total. The summed E-state index contributed by atoms with van der Waals surface area (Å²) in [7, 11) is 0. The van der Waals surface area contributed by atoms with Crippen LogP contribution in [0, 0.1) is 0 Å². The van der Waals surface area contributed by atoms with Crippen molar-refractivity contribution >= 4 is 33.2 Å². The molecule has 2 rings (SSSR count). The van der Waals surface area contributed by atoms with Crippen LogP contribution in [0.3, 0.4) is 0 Å². The van der Waals surface area contributed by atoms with Gasteiger partial charge in [0.25, 0.3) is 0 Å². The van der Waals surface area contributed by atoms with Gasteiger partial charge in [-0.3, -0.25) is 4.90 Å². The Kier molecular flexibility index (Phi) is 5.81. The first-order valence-electron chi connectivity index (χ1n) is 6.58. The van der Waals surface area contributed by atoms with Gasteiger partial charge >= 0.3 is 5.97 Å². The number of carbonyl (C=O) groups is 1. The van der Waals surface area contributed by atoms with Crippen LogP contribution in [0.25, 0.3) is 0 Å². The summed E-state index contributed by atoms with van der Waals surface area (Å²) in [6.45, 7) is 5.98. The number of thiophene rings is 1. The van der Waals surface area contributed by atoms with Crippen LogP contribution >= 0.6 is 27.3 Å². The molecule has 1 N–H and O–H groups in total. The Morgan fingerprint density at radius 1 is 1.58 bits per heavy atom. The van der Waals surface area contributed by atoms with Gasteiger partial charge in [-0.05, 0) is 47.3 Å². The van der Waals surface area contributed by atoms with E-state index in [0.717, 1.165) is 41.9 Å². The third-order valence-electron chi connectivity index (χ3n) is 3.14. The van der Waals surface area contributed by atoms with Gasteiger partial charge in [-0.15, -0.1) is 11.3 Å². The first-order valence-corrected chi connectivity index (χ1v) is 8.25. The highest BCUT2D eigenvalue weighted by molar-refractivity contribution is 9.10. The second-order valence-corrected chi connectivity index (χ2v) is 6.23. The Bertz CT molecular complexity index is 417. The second-order valence-electron chi connectivity index (χ2n) is 4.43. The van der Waals surface area contributed by atoms with Crippen molar-refractivity contribution in [2.24, 2.45) is 0 Å². The van der Waals surface area contributed by atoms with Crippen molar-refractivity contribution < 1.29 is 9.53 Å². The van der Waals surface area contributed by atoms with Crippen molar-refractivity contribution in [2.45, 2.75) is 19.4 Å². The molecule has 1 unspecified atom stereocenters. The summed E-state index contributed by atoms with van der Waals surface area (Å²) in [6, 6.07) is 1.71. The number of rotatable bonds is 4. The minimum absolute atomic E-state index is 0.146. The maximum absolute atomic E-state index is 12.3. The summed E-state index contributed by atoms with van der Waals surface area (Å²) < 4.78 is 6.25. The van der Waals surface area contributed by atoms with Crippen molar-refractivity contribution in [1.82, 2.24) is 10.2 Å². The lowest BCUT2D eigenvalue weighted by molar-refractivity contribution is -0.149. The molecule has 1 aromatic heterocycles. The number of halogens is 1. The Morgan fingerprint density at radius 3 is 3.11 bits per heavy atom. The van der Waals surface area contributed by atoms with Crippen LogP contribution in [0.5, 0.6) is 0 Å². The predicted molar refractivity (Wildman–Crippen MR) is 80.5 cm³/mol. The van der Waals surface area contributed by atoms with Gasteiger partial charge in [-0.25, -0.2) is 4.79 Å². The van der Waals surface area contributed by atoms with Gasteiger partial charge < -0.3 is 10.1 Å². The second kappa shape index (κ2) is 7.38. The molecule has 1 atom stereocenters. The average molecular weight is 347 g/mol. The fourth-order valence-electron chi connectivity index (χ4n) is 2.27. The minimum atomic E-state index is -0.283. The van der Waals surface area contributed by atoms with E-state index in [1.54, 1.807) is 11.3 Å². The van der Waals surface area contributed by atoms with E-state index in [4.69, 9.17) is 4.74 Å². The van der Waals surface area contributed by atoms with Gasteiger partial charge in [0.15, 0.2) is 0 Å². The average Bonchev–Trinajstić information content (AvgIpc) is 2.66. The van der Waals surface area contributed by atoms with E-state index in [2.05, 4.69) is 26.1 Å². The van der Waals surface area contributed by atoms with E-state index in [-0.39, 0.29) is 12.0 Å². The highest BCUT2D eigenvalue weighted by Gasteiger charge is 2.31. The first kappa shape index (κ1) is 15.0. The molecule has 0 radical (unpaired) electrons. The fraction of sp³-hybridized carbons (Fsp3) is 0.615. The lowest BCUT2D eigenvalue weighted by Gasteiger charge is -2.28. The molecule has 1 fully saturated rings. The van der Waals surface area contributed by atoms with Gasteiger partial charge in [0, 0.05) is 29.0 Å². The lowest BCUT2D eigenvalue weighted by atomic mass is 10.2. The van der Waals surface area contributed by atoms with Crippen LogP contribution in [-0.2, 0) is 9.53 Å². The molecule has 1 aliphatic heterocycles. The molecule has 0 spiro atoms. The van der Waals surface area contributed by atoms with Gasteiger partial charge in [0.2, 0.25) is 0 Å². The van der Waals surface area contributed by atoms with Crippen LogP contribution < -0.4 is 5.32 Å². The Morgan fingerprint density at radius 2 is 2.42 bits per heavy atom. The summed E-state index contributed by atoms with van der Waals surface area (Å²) in [5.74, 6) is -0.146. The van der Waals surface area contributed by atoms with Crippen LogP contribution in [0.15, 0.2) is 15.9 Å². The Balaban J connectivity index is 2.22. The van der Waals surface area contributed by atoms with Crippen LogP contribution in [0.1, 0.15) is 24.3 Å². The van der Waals surface area contributed by atoms with Gasteiger partial charge in [-0.2, -0.15) is 0 Å². The number of hydrogen-bond donors (Lipinski definition) is 1. The summed E-state index contributed by atoms with van der Waals surface area (Å²) >= 11 is 5.14. The van der Waals surface area contributed by atoms with E-state index in [1.165, 1.54) is 0 Å². The molecule has 0 aliphatic carbocycles. The maximum atomic E-state index is 12.3. The zero-order valence-electron chi connectivity index (χ0n) is 11.0. The van der Waals surface area contributed by atoms with Gasteiger partial charge in [0.05, 0.1) is 6.61 Å². The first-order chi connectivity index (χ1) is 9.24. The predicted octanol–water partition coefficient (Wildman–Crippen LogP) is 2.41. The smallest absolute Gasteiger partial charge is 0.328 e. The highest BCUT2D eigenvalue weighted by atomic mass is 79.9. The molecule has 0 bridgehead atoms. The molecule has 6 heteroatoms. The fourth-order valence-corrected chi connectivity index (χ4v) is 3.98. The van der Waals surface area contributed by atoms with Crippen molar-refractivity contribution in [3.05, 3.63) is 20.8 Å². The van der Waals surface area contributed by atoms with Crippen molar-refractivity contribution in [1.29, 1.82) is 0 Å². The normalized spacial score (nSPS) is 18.8. The van der Waals surface area contributed by atoms with Crippen LogP contribution in [0.4, 0.5) is 0 Å². The largest absolute Gasteiger partial charge is 0.465 e. The maximum Gasteiger partial charge on any atom is 0.328 e. The molecule has 1 aliphatic rings. The minimum Gasteiger partial charge on any atom is -0.465 e. The SMILES string of the molecule is CCOC(=O)C(c1sccc1Br)N1CCCNCC1. The molecule has 0 amide bonds. The Labute approximate surface area is 126 Å². The molecular weight excluding hydrogens is 328 g/mol. The number of carbonyl (C=O) groups excluding carboxylic acids is 1. The van der Waals surface area contributed by atoms with Crippen molar-refractivity contribution in [3.63, 3.8) is 0 Å². The number of ether oxygens (including phenoxy) is 1. The van der Waals surface area contributed by atoms with E-state index < -0.39 is 0 Å². The van der Waals surface area contributed by atoms with E-state index >= 15 is 0 Å². The van der Waals surface area contributed by atoms with Crippen molar-refractivity contribution in [3.8, 4) is 0 Å². The highest BCUT2D eigenvalue weighted by Crippen LogP contribution is 2.33. The van der Waals surface area contributed by atoms with E-state index in [0.29, 0.717) is 6.61 Å². The standard InChI is InChI=1S/C13H19BrN2O2S/c1-2-18-13(17)11(12-10(14)4-9-19-12)16-7-3-5-15-6-8-16/h4,9,11,15H,2-3,5-8H2,1H3. The quantitative estimate of drug-likeness (QED) is 0.850. The third-order valence-corrected chi connectivity index (χ3v) is 5.07. The summed E-state index contributed by atoms with van der Waals surface area (Å²) in [4.78, 5) is 15.6. The summed E-state index contributed by atoms with van der Waals surface area (Å²) in [6.07, 6.45) is 1.05. The third kappa shape index (κ3) is 3.78. The molecule has 106 valence electrons. The number of nitrogens with zero attached hydrogens (tertiary/aromatic N) is 1. The van der Waals surface area contributed by atoms with Gasteiger partial charge in [0.1, 0.15) is 6.04 Å². The van der Waals surface area contributed by atoms with Crippen LogP contribution in [0.2, 0.25) is 0 Å². The van der Waals surface area contributed by atoms with Crippen molar-refractivity contribution in [2.75, 3.05) is 32.8 Å². The number of nitrogens with one attached hydrogen (secondary N) is 1. The lowest BCUT2D eigenvalue weighted by Crippen LogP contribution is -2.37. The van der Waals surface area contributed by atoms with Gasteiger partial charge in [-0.1, -0.05) is 0 Å². The van der Waals surface area contributed by atoms with E-state index in [9.17, 15) is 4.79 Å². The number of esters is 1. The molecular formula is C13H19BrN2O2S. The Hall–Kier alpha value is -0.430. The molecule has 1 aromatic rings. The molecule has 1 saturated heterocycles. The molecule has 2 heterocycles. The zero-order chi connectivity index (χ0) is 13.7. The number of hydrogen-bond acceptors (Lipinski definition) is 5. The van der Waals surface area contributed by atoms with Crippen LogP contribution in [-0.4, -0.2) is 43.7 Å². The molecule has 0 aromatic carbocycles. The topological polar surface area (TPSA) is 41.6 Å². The monoisotopic (exact) mass is 346 g/mol.